The summed E-state index contributed by atoms with van der Waals surface area (Å²) in [5, 5.41) is 0. The second kappa shape index (κ2) is 4.70. The Bertz CT molecular complexity index is 353. The van der Waals surface area contributed by atoms with Crippen LogP contribution < -0.4 is 10.6 Å². The standard InChI is InChI=1S/C12H20N4/c1-3-15-4-5-16(9-10(15)2)12-6-11(13)7-14-8-12/h6-8,10H,3-5,9,13H2,1-2H3. The Hall–Kier alpha value is -1.29. The third-order valence-electron chi connectivity index (χ3n) is 3.28. The summed E-state index contributed by atoms with van der Waals surface area (Å²) in [4.78, 5) is 9.00. The number of hydrogen-bond acceptors (Lipinski definition) is 4. The molecule has 0 saturated carbocycles. The zero-order valence-electron chi connectivity index (χ0n) is 10.1. The Morgan fingerprint density at radius 3 is 2.88 bits per heavy atom. The number of likely N-dealkylation sites (N-methyl/N-ethyl adjacent to an activating group) is 1. The van der Waals surface area contributed by atoms with Gasteiger partial charge in [0, 0.05) is 31.9 Å². The van der Waals surface area contributed by atoms with Gasteiger partial charge < -0.3 is 10.6 Å². The maximum absolute atomic E-state index is 5.75. The Morgan fingerprint density at radius 2 is 2.25 bits per heavy atom. The molecule has 0 amide bonds. The molecule has 0 spiro atoms. The van der Waals surface area contributed by atoms with Gasteiger partial charge in [0.15, 0.2) is 0 Å². The van der Waals surface area contributed by atoms with Crippen molar-refractivity contribution in [2.75, 3.05) is 36.8 Å². The second-order valence-electron chi connectivity index (χ2n) is 4.40. The van der Waals surface area contributed by atoms with E-state index in [0.717, 1.165) is 37.6 Å². The smallest absolute Gasteiger partial charge is 0.0574 e. The Labute approximate surface area is 97.1 Å². The van der Waals surface area contributed by atoms with Gasteiger partial charge in [0.2, 0.25) is 0 Å². The van der Waals surface area contributed by atoms with Crippen molar-refractivity contribution in [3.63, 3.8) is 0 Å². The van der Waals surface area contributed by atoms with Gasteiger partial charge in [-0.2, -0.15) is 0 Å². The highest BCUT2D eigenvalue weighted by Crippen LogP contribution is 2.19. The van der Waals surface area contributed by atoms with Gasteiger partial charge in [0.05, 0.1) is 17.6 Å². The largest absolute Gasteiger partial charge is 0.397 e. The van der Waals surface area contributed by atoms with Crippen LogP contribution in [0.5, 0.6) is 0 Å². The quantitative estimate of drug-likeness (QED) is 0.813. The van der Waals surface area contributed by atoms with Crippen LogP contribution in [0.3, 0.4) is 0 Å². The molecule has 2 heterocycles. The van der Waals surface area contributed by atoms with Crippen molar-refractivity contribution >= 4 is 11.4 Å². The second-order valence-corrected chi connectivity index (χ2v) is 4.40. The van der Waals surface area contributed by atoms with Crippen molar-refractivity contribution < 1.29 is 0 Å². The lowest BCUT2D eigenvalue weighted by molar-refractivity contribution is 0.199. The normalized spacial score (nSPS) is 22.4. The molecule has 0 bridgehead atoms. The Balaban J connectivity index is 2.07. The molecule has 1 saturated heterocycles. The van der Waals surface area contributed by atoms with Crippen molar-refractivity contribution in [2.24, 2.45) is 0 Å². The fraction of sp³-hybridized carbons (Fsp3) is 0.583. The van der Waals surface area contributed by atoms with Crippen molar-refractivity contribution in [1.29, 1.82) is 0 Å². The van der Waals surface area contributed by atoms with Gasteiger partial charge in [-0.25, -0.2) is 0 Å². The summed E-state index contributed by atoms with van der Waals surface area (Å²) in [5.74, 6) is 0. The topological polar surface area (TPSA) is 45.4 Å². The van der Waals surface area contributed by atoms with E-state index in [-0.39, 0.29) is 0 Å². The molecule has 4 nitrogen and oxygen atoms in total. The first-order chi connectivity index (χ1) is 7.70. The van der Waals surface area contributed by atoms with Gasteiger partial charge in [-0.05, 0) is 19.5 Å². The maximum Gasteiger partial charge on any atom is 0.0574 e. The minimum Gasteiger partial charge on any atom is -0.397 e. The number of anilines is 2. The molecule has 1 aromatic rings. The van der Waals surface area contributed by atoms with E-state index in [1.807, 2.05) is 12.3 Å². The molecule has 0 aromatic carbocycles. The van der Waals surface area contributed by atoms with Crippen LogP contribution in [0.4, 0.5) is 11.4 Å². The number of nitrogens with two attached hydrogens (primary N) is 1. The summed E-state index contributed by atoms with van der Waals surface area (Å²) in [7, 11) is 0. The van der Waals surface area contributed by atoms with Crippen molar-refractivity contribution in [3.8, 4) is 0 Å². The van der Waals surface area contributed by atoms with E-state index in [1.165, 1.54) is 0 Å². The molecule has 0 radical (unpaired) electrons. The molecule has 1 atom stereocenters. The van der Waals surface area contributed by atoms with Crippen molar-refractivity contribution in [3.05, 3.63) is 18.5 Å². The van der Waals surface area contributed by atoms with Crippen LogP contribution in [0.2, 0.25) is 0 Å². The molecule has 2 rings (SSSR count). The van der Waals surface area contributed by atoms with Gasteiger partial charge in [-0.15, -0.1) is 0 Å². The number of piperazine rings is 1. The monoisotopic (exact) mass is 220 g/mol. The van der Waals surface area contributed by atoms with Crippen LogP contribution in [-0.2, 0) is 0 Å². The lowest BCUT2D eigenvalue weighted by atomic mass is 10.2. The zero-order valence-corrected chi connectivity index (χ0v) is 10.1. The highest BCUT2D eigenvalue weighted by atomic mass is 15.3. The van der Waals surface area contributed by atoms with Gasteiger partial charge >= 0.3 is 0 Å². The molecule has 1 aromatic heterocycles. The summed E-state index contributed by atoms with van der Waals surface area (Å²) < 4.78 is 0. The summed E-state index contributed by atoms with van der Waals surface area (Å²) >= 11 is 0. The number of nitrogen functional groups attached to an aromatic ring is 1. The minimum absolute atomic E-state index is 0.597. The maximum atomic E-state index is 5.75. The zero-order chi connectivity index (χ0) is 11.5. The average molecular weight is 220 g/mol. The minimum atomic E-state index is 0.597. The van der Waals surface area contributed by atoms with Crippen LogP contribution in [0, 0.1) is 0 Å². The summed E-state index contributed by atoms with van der Waals surface area (Å²) in [5.41, 5.74) is 7.63. The lowest BCUT2D eigenvalue weighted by Gasteiger charge is -2.40. The van der Waals surface area contributed by atoms with E-state index < -0.39 is 0 Å². The number of aromatic nitrogens is 1. The van der Waals surface area contributed by atoms with Crippen LogP contribution in [-0.4, -0.2) is 42.1 Å². The molecule has 1 aliphatic heterocycles. The Kier molecular flexibility index (Phi) is 3.29. The molecular weight excluding hydrogens is 200 g/mol. The van der Waals surface area contributed by atoms with Crippen molar-refractivity contribution in [1.82, 2.24) is 9.88 Å². The predicted octanol–water partition coefficient (Wildman–Crippen LogP) is 1.19. The van der Waals surface area contributed by atoms with E-state index in [4.69, 9.17) is 5.73 Å². The summed E-state index contributed by atoms with van der Waals surface area (Å²) in [6, 6.07) is 2.60. The van der Waals surface area contributed by atoms with Crippen LogP contribution >= 0.6 is 0 Å². The van der Waals surface area contributed by atoms with Crippen molar-refractivity contribution in [2.45, 2.75) is 19.9 Å². The molecule has 1 unspecified atom stereocenters. The number of pyridine rings is 1. The number of hydrogen-bond donors (Lipinski definition) is 1. The third kappa shape index (κ3) is 2.27. The SMILES string of the molecule is CCN1CCN(c2cncc(N)c2)CC1C. The summed E-state index contributed by atoms with van der Waals surface area (Å²) in [6.07, 6.45) is 3.58. The summed E-state index contributed by atoms with van der Waals surface area (Å²) in [6.45, 7) is 8.85. The molecule has 1 aliphatic rings. The number of nitrogens with zero attached hydrogens (tertiary/aromatic N) is 3. The number of rotatable bonds is 2. The molecular formula is C12H20N4. The highest BCUT2D eigenvalue weighted by molar-refractivity contribution is 5.53. The van der Waals surface area contributed by atoms with E-state index in [2.05, 4.69) is 28.6 Å². The van der Waals surface area contributed by atoms with E-state index >= 15 is 0 Å². The first-order valence-electron chi connectivity index (χ1n) is 5.90. The molecule has 1 fully saturated rings. The first-order valence-corrected chi connectivity index (χ1v) is 5.90. The van der Waals surface area contributed by atoms with Crippen LogP contribution in [0.1, 0.15) is 13.8 Å². The molecule has 0 aliphatic carbocycles. The lowest BCUT2D eigenvalue weighted by Crippen LogP contribution is -2.51. The van der Waals surface area contributed by atoms with E-state index in [1.54, 1.807) is 6.20 Å². The van der Waals surface area contributed by atoms with E-state index in [9.17, 15) is 0 Å². The predicted molar refractivity (Wildman–Crippen MR) is 67.6 cm³/mol. The van der Waals surface area contributed by atoms with Crippen LogP contribution in [0.25, 0.3) is 0 Å². The van der Waals surface area contributed by atoms with Gasteiger partial charge in [-0.3, -0.25) is 9.88 Å². The molecule has 4 heteroatoms. The van der Waals surface area contributed by atoms with Gasteiger partial charge in [0.25, 0.3) is 0 Å². The fourth-order valence-electron chi connectivity index (χ4n) is 2.32. The Morgan fingerprint density at radius 1 is 1.44 bits per heavy atom. The fourth-order valence-corrected chi connectivity index (χ4v) is 2.32. The van der Waals surface area contributed by atoms with Gasteiger partial charge in [0.1, 0.15) is 0 Å². The highest BCUT2D eigenvalue weighted by Gasteiger charge is 2.22. The average Bonchev–Trinajstić information content (AvgIpc) is 2.29. The van der Waals surface area contributed by atoms with Gasteiger partial charge in [-0.1, -0.05) is 6.92 Å². The van der Waals surface area contributed by atoms with Crippen LogP contribution in [0.15, 0.2) is 18.5 Å². The van der Waals surface area contributed by atoms with E-state index in [0.29, 0.717) is 6.04 Å². The molecule has 16 heavy (non-hydrogen) atoms. The molecule has 2 N–H and O–H groups in total. The first kappa shape index (κ1) is 11.2. The molecule has 88 valence electrons. The third-order valence-corrected chi connectivity index (χ3v) is 3.28.